The molecule has 3 aromatic rings. The predicted octanol–water partition coefficient (Wildman–Crippen LogP) is 3.02. The Labute approximate surface area is 154 Å². The predicted molar refractivity (Wildman–Crippen MR) is 103 cm³/mol. The van der Waals surface area contributed by atoms with E-state index >= 15 is 0 Å². The fourth-order valence-electron chi connectivity index (χ4n) is 2.46. The number of carbonyl (C=O) groups excluding carboxylic acids is 1. The van der Waals surface area contributed by atoms with Crippen LogP contribution < -0.4 is 10.9 Å². The SMILES string of the molecule is Cc1sc2nc(SCC(=O)NCc3ccccc3)n(C)c(=O)c2c1C. The molecule has 2 aromatic heterocycles. The summed E-state index contributed by atoms with van der Waals surface area (Å²) in [4.78, 5) is 31.0. The van der Waals surface area contributed by atoms with Crippen LogP contribution in [-0.2, 0) is 18.4 Å². The first-order valence-electron chi connectivity index (χ1n) is 7.87. The molecule has 2 heterocycles. The average Bonchev–Trinajstić information content (AvgIpc) is 2.90. The topological polar surface area (TPSA) is 64.0 Å². The highest BCUT2D eigenvalue weighted by Crippen LogP contribution is 2.27. The Balaban J connectivity index is 1.70. The van der Waals surface area contributed by atoms with Gasteiger partial charge in [-0.3, -0.25) is 14.2 Å². The first-order valence-corrected chi connectivity index (χ1v) is 9.67. The lowest BCUT2D eigenvalue weighted by Crippen LogP contribution is -2.25. The number of aryl methyl sites for hydroxylation is 2. The van der Waals surface area contributed by atoms with E-state index in [1.807, 2.05) is 44.2 Å². The molecular weight excluding hydrogens is 354 g/mol. The maximum Gasteiger partial charge on any atom is 0.262 e. The number of benzene rings is 1. The lowest BCUT2D eigenvalue weighted by molar-refractivity contribution is -0.118. The van der Waals surface area contributed by atoms with E-state index in [4.69, 9.17) is 0 Å². The van der Waals surface area contributed by atoms with Crippen LogP contribution in [0.25, 0.3) is 10.2 Å². The Morgan fingerprint density at radius 3 is 2.72 bits per heavy atom. The quantitative estimate of drug-likeness (QED) is 0.552. The van der Waals surface area contributed by atoms with Crippen LogP contribution in [0.15, 0.2) is 40.3 Å². The summed E-state index contributed by atoms with van der Waals surface area (Å²) in [5.41, 5.74) is 1.99. The zero-order valence-corrected chi connectivity index (χ0v) is 16.0. The van der Waals surface area contributed by atoms with E-state index in [-0.39, 0.29) is 17.2 Å². The lowest BCUT2D eigenvalue weighted by Gasteiger charge is -2.08. The Morgan fingerprint density at radius 2 is 2.00 bits per heavy atom. The minimum Gasteiger partial charge on any atom is -0.351 e. The smallest absolute Gasteiger partial charge is 0.262 e. The van der Waals surface area contributed by atoms with Gasteiger partial charge in [-0.05, 0) is 25.0 Å². The molecule has 0 saturated carbocycles. The van der Waals surface area contributed by atoms with Gasteiger partial charge in [0.15, 0.2) is 5.16 Å². The molecule has 0 aliphatic heterocycles. The molecule has 1 aromatic carbocycles. The monoisotopic (exact) mass is 373 g/mol. The molecule has 0 saturated heterocycles. The third kappa shape index (κ3) is 3.77. The number of hydrogen-bond acceptors (Lipinski definition) is 5. The molecule has 5 nitrogen and oxygen atoms in total. The van der Waals surface area contributed by atoms with E-state index in [0.29, 0.717) is 17.1 Å². The van der Waals surface area contributed by atoms with Gasteiger partial charge in [-0.25, -0.2) is 4.98 Å². The van der Waals surface area contributed by atoms with Crippen LogP contribution in [0, 0.1) is 13.8 Å². The summed E-state index contributed by atoms with van der Waals surface area (Å²) in [6, 6.07) is 9.76. The van der Waals surface area contributed by atoms with Gasteiger partial charge < -0.3 is 5.32 Å². The van der Waals surface area contributed by atoms with Crippen LogP contribution in [0.2, 0.25) is 0 Å². The van der Waals surface area contributed by atoms with Crippen molar-refractivity contribution in [1.29, 1.82) is 0 Å². The van der Waals surface area contributed by atoms with Gasteiger partial charge >= 0.3 is 0 Å². The van der Waals surface area contributed by atoms with Crippen LogP contribution >= 0.6 is 23.1 Å². The van der Waals surface area contributed by atoms with Crippen molar-refractivity contribution in [3.8, 4) is 0 Å². The number of rotatable bonds is 5. The van der Waals surface area contributed by atoms with Gasteiger partial charge in [0.05, 0.1) is 11.1 Å². The van der Waals surface area contributed by atoms with Gasteiger partial charge in [0.25, 0.3) is 5.56 Å². The zero-order chi connectivity index (χ0) is 18.0. The molecule has 0 spiro atoms. The Kier molecular flexibility index (Phi) is 5.24. The molecule has 3 rings (SSSR count). The second-order valence-corrected chi connectivity index (χ2v) is 7.92. The molecule has 0 fully saturated rings. The van der Waals surface area contributed by atoms with Crippen molar-refractivity contribution < 1.29 is 4.79 Å². The molecule has 130 valence electrons. The van der Waals surface area contributed by atoms with E-state index in [0.717, 1.165) is 20.8 Å². The van der Waals surface area contributed by atoms with Crippen molar-refractivity contribution in [2.24, 2.45) is 7.05 Å². The molecule has 0 aliphatic carbocycles. The number of nitrogens with zero attached hydrogens (tertiary/aromatic N) is 2. The minimum absolute atomic E-state index is 0.0564. The normalized spacial score (nSPS) is 11.0. The highest BCUT2D eigenvalue weighted by molar-refractivity contribution is 7.99. The van der Waals surface area contributed by atoms with Crippen LogP contribution in [0.3, 0.4) is 0 Å². The number of amides is 1. The summed E-state index contributed by atoms with van der Waals surface area (Å²) < 4.78 is 1.52. The Bertz CT molecular complexity index is 977. The van der Waals surface area contributed by atoms with Crippen LogP contribution in [0.1, 0.15) is 16.0 Å². The van der Waals surface area contributed by atoms with Gasteiger partial charge in [0.1, 0.15) is 4.83 Å². The molecule has 0 unspecified atom stereocenters. The van der Waals surface area contributed by atoms with Crippen molar-refractivity contribution in [2.75, 3.05) is 5.75 Å². The van der Waals surface area contributed by atoms with E-state index in [1.165, 1.54) is 27.7 Å². The summed E-state index contributed by atoms with van der Waals surface area (Å²) in [6.45, 7) is 4.43. The average molecular weight is 374 g/mol. The third-order valence-corrected chi connectivity index (χ3v) is 6.17. The largest absolute Gasteiger partial charge is 0.351 e. The maximum absolute atomic E-state index is 12.6. The highest BCUT2D eigenvalue weighted by Gasteiger charge is 2.15. The number of thiophene rings is 1. The van der Waals surface area contributed by atoms with Crippen molar-refractivity contribution >= 4 is 39.2 Å². The summed E-state index contributed by atoms with van der Waals surface area (Å²) in [5.74, 6) is 0.142. The van der Waals surface area contributed by atoms with E-state index in [1.54, 1.807) is 7.05 Å². The first-order chi connectivity index (χ1) is 12.0. The number of carbonyl (C=O) groups is 1. The highest BCUT2D eigenvalue weighted by atomic mass is 32.2. The number of nitrogens with one attached hydrogen (secondary N) is 1. The number of aromatic nitrogens is 2. The number of hydrogen-bond donors (Lipinski definition) is 1. The van der Waals surface area contributed by atoms with Crippen LogP contribution in [0.5, 0.6) is 0 Å². The number of thioether (sulfide) groups is 1. The maximum atomic E-state index is 12.6. The summed E-state index contributed by atoms with van der Waals surface area (Å²) in [6.07, 6.45) is 0. The molecule has 0 aliphatic rings. The molecule has 1 N–H and O–H groups in total. The molecule has 1 amide bonds. The van der Waals surface area contributed by atoms with Crippen LogP contribution in [-0.4, -0.2) is 21.2 Å². The lowest BCUT2D eigenvalue weighted by atomic mass is 10.2. The fraction of sp³-hybridized carbons (Fsp3) is 0.278. The molecule has 7 heteroatoms. The Hall–Kier alpha value is -2.12. The van der Waals surface area contributed by atoms with Gasteiger partial charge in [-0.2, -0.15) is 0 Å². The minimum atomic E-state index is -0.0817. The van der Waals surface area contributed by atoms with Gasteiger partial charge in [0.2, 0.25) is 5.91 Å². The van der Waals surface area contributed by atoms with Crippen molar-refractivity contribution in [3.63, 3.8) is 0 Å². The van der Waals surface area contributed by atoms with Crippen molar-refractivity contribution in [2.45, 2.75) is 25.5 Å². The summed E-state index contributed by atoms with van der Waals surface area (Å²) >= 11 is 2.80. The van der Waals surface area contributed by atoms with Gasteiger partial charge in [-0.15, -0.1) is 11.3 Å². The zero-order valence-electron chi connectivity index (χ0n) is 14.3. The van der Waals surface area contributed by atoms with Crippen molar-refractivity contribution in [1.82, 2.24) is 14.9 Å². The Morgan fingerprint density at radius 1 is 1.28 bits per heavy atom. The molecular formula is C18H19N3O2S2. The second kappa shape index (κ2) is 7.41. The molecule has 0 atom stereocenters. The molecule has 25 heavy (non-hydrogen) atoms. The first kappa shape index (κ1) is 17.7. The third-order valence-electron chi connectivity index (χ3n) is 4.03. The van der Waals surface area contributed by atoms with E-state index in [2.05, 4.69) is 10.3 Å². The van der Waals surface area contributed by atoms with E-state index in [9.17, 15) is 9.59 Å². The van der Waals surface area contributed by atoms with Crippen LogP contribution in [0.4, 0.5) is 0 Å². The second-order valence-electron chi connectivity index (χ2n) is 5.77. The molecule has 0 radical (unpaired) electrons. The fourth-order valence-corrected chi connectivity index (χ4v) is 4.33. The van der Waals surface area contributed by atoms with Gasteiger partial charge in [-0.1, -0.05) is 42.1 Å². The summed E-state index contributed by atoms with van der Waals surface area (Å²) in [5, 5.41) is 4.13. The van der Waals surface area contributed by atoms with Crippen molar-refractivity contribution in [3.05, 3.63) is 56.7 Å². The summed E-state index contributed by atoms with van der Waals surface area (Å²) in [7, 11) is 1.70. The molecule has 0 bridgehead atoms. The number of fused-ring (bicyclic) bond motifs is 1. The van der Waals surface area contributed by atoms with Gasteiger partial charge in [0, 0.05) is 18.5 Å². The standard InChI is InChI=1S/C18H19N3O2S2/c1-11-12(2)25-16-15(11)17(23)21(3)18(20-16)24-10-14(22)19-9-13-7-5-4-6-8-13/h4-8H,9-10H2,1-3H3,(H,19,22). The van der Waals surface area contributed by atoms with E-state index < -0.39 is 0 Å².